The molecule has 0 radical (unpaired) electrons. The van der Waals surface area contributed by atoms with Crippen molar-refractivity contribution in [1.29, 1.82) is 0 Å². The molecule has 1 aromatic carbocycles. The maximum atomic E-state index is 12.0. The first-order chi connectivity index (χ1) is 10.2. The third-order valence-electron chi connectivity index (χ3n) is 3.32. The van der Waals surface area contributed by atoms with Crippen LogP contribution in [0.3, 0.4) is 0 Å². The van der Waals surface area contributed by atoms with E-state index in [0.717, 1.165) is 12.1 Å². The van der Waals surface area contributed by atoms with Crippen molar-refractivity contribution >= 4 is 23.2 Å². The molecule has 0 heterocycles. The van der Waals surface area contributed by atoms with Crippen LogP contribution in [0.4, 0.5) is 5.69 Å². The minimum atomic E-state index is -0.268. The number of anilines is 1. The first-order valence-electron chi connectivity index (χ1n) is 7.49. The largest absolute Gasteiger partial charge is 0.326 e. The van der Waals surface area contributed by atoms with E-state index in [0.29, 0.717) is 17.7 Å². The SMILES string of the molecule is CCCC(=O)Nc1ccc(C(=O)N/N=C(/C)C(C)(C)C)cc1. The molecular weight excluding hydrogens is 278 g/mol. The molecule has 120 valence electrons. The van der Waals surface area contributed by atoms with E-state index >= 15 is 0 Å². The Bertz CT molecular complexity index is 554. The summed E-state index contributed by atoms with van der Waals surface area (Å²) in [4.78, 5) is 23.5. The molecule has 0 unspecified atom stereocenters. The first-order valence-corrected chi connectivity index (χ1v) is 7.49. The molecule has 0 aliphatic heterocycles. The van der Waals surface area contributed by atoms with Gasteiger partial charge in [0.2, 0.25) is 5.91 Å². The average Bonchev–Trinajstić information content (AvgIpc) is 2.44. The van der Waals surface area contributed by atoms with Crippen molar-refractivity contribution in [2.75, 3.05) is 5.32 Å². The van der Waals surface area contributed by atoms with Crippen molar-refractivity contribution in [1.82, 2.24) is 5.43 Å². The molecule has 0 saturated heterocycles. The van der Waals surface area contributed by atoms with Gasteiger partial charge >= 0.3 is 0 Å². The third kappa shape index (κ3) is 5.68. The van der Waals surface area contributed by atoms with Gasteiger partial charge in [-0.2, -0.15) is 5.10 Å². The van der Waals surface area contributed by atoms with Crippen LogP contribution in [0.5, 0.6) is 0 Å². The normalized spacial score (nSPS) is 12.0. The molecule has 22 heavy (non-hydrogen) atoms. The molecule has 0 spiro atoms. The molecule has 0 fully saturated rings. The molecule has 0 aliphatic rings. The fourth-order valence-electron chi connectivity index (χ4n) is 1.52. The molecule has 0 bridgehead atoms. The lowest BCUT2D eigenvalue weighted by Crippen LogP contribution is -2.24. The summed E-state index contributed by atoms with van der Waals surface area (Å²) in [6.07, 6.45) is 1.29. The lowest BCUT2D eigenvalue weighted by Gasteiger charge is -2.17. The highest BCUT2D eigenvalue weighted by Crippen LogP contribution is 2.15. The van der Waals surface area contributed by atoms with Crippen molar-refractivity contribution in [3.05, 3.63) is 29.8 Å². The molecule has 1 aromatic rings. The lowest BCUT2D eigenvalue weighted by atomic mass is 9.91. The van der Waals surface area contributed by atoms with E-state index in [9.17, 15) is 9.59 Å². The van der Waals surface area contributed by atoms with Crippen molar-refractivity contribution in [2.45, 2.75) is 47.5 Å². The minimum absolute atomic E-state index is 0.0231. The van der Waals surface area contributed by atoms with Gasteiger partial charge in [0.05, 0.1) is 0 Å². The van der Waals surface area contributed by atoms with Gasteiger partial charge in [-0.15, -0.1) is 0 Å². The van der Waals surface area contributed by atoms with Gasteiger partial charge in [-0.05, 0) is 37.6 Å². The summed E-state index contributed by atoms with van der Waals surface area (Å²) in [6.45, 7) is 9.93. The van der Waals surface area contributed by atoms with Crippen LogP contribution in [0.25, 0.3) is 0 Å². The van der Waals surface area contributed by atoms with Crippen LogP contribution in [-0.2, 0) is 4.79 Å². The highest BCUT2D eigenvalue weighted by Gasteiger charge is 2.15. The van der Waals surface area contributed by atoms with E-state index in [2.05, 4.69) is 15.8 Å². The van der Waals surface area contributed by atoms with Gasteiger partial charge in [0.15, 0.2) is 0 Å². The zero-order valence-corrected chi connectivity index (χ0v) is 14.0. The predicted octanol–water partition coefficient (Wildman–Crippen LogP) is 3.58. The number of carbonyl (C=O) groups is 2. The second kappa shape index (κ2) is 7.73. The van der Waals surface area contributed by atoms with Crippen LogP contribution in [-0.4, -0.2) is 17.5 Å². The summed E-state index contributed by atoms with van der Waals surface area (Å²) in [5.41, 5.74) is 4.50. The van der Waals surface area contributed by atoms with Gasteiger partial charge in [0.1, 0.15) is 0 Å². The molecule has 0 aromatic heterocycles. The Labute approximate surface area is 132 Å². The van der Waals surface area contributed by atoms with E-state index in [4.69, 9.17) is 0 Å². The van der Waals surface area contributed by atoms with Gasteiger partial charge in [0.25, 0.3) is 5.91 Å². The van der Waals surface area contributed by atoms with E-state index < -0.39 is 0 Å². The fourth-order valence-corrected chi connectivity index (χ4v) is 1.52. The molecule has 5 heteroatoms. The first kappa shape index (κ1) is 17.9. The molecule has 0 saturated carbocycles. The maximum absolute atomic E-state index is 12.0. The van der Waals surface area contributed by atoms with E-state index in [1.807, 2.05) is 34.6 Å². The number of carbonyl (C=O) groups excluding carboxylic acids is 2. The molecule has 1 rings (SSSR count). The van der Waals surface area contributed by atoms with Crippen LogP contribution in [0.2, 0.25) is 0 Å². The van der Waals surface area contributed by atoms with E-state index in [-0.39, 0.29) is 17.2 Å². The van der Waals surface area contributed by atoms with Gasteiger partial charge < -0.3 is 5.32 Å². The van der Waals surface area contributed by atoms with Crippen molar-refractivity contribution in [3.63, 3.8) is 0 Å². The third-order valence-corrected chi connectivity index (χ3v) is 3.32. The van der Waals surface area contributed by atoms with Crippen LogP contribution in [0.15, 0.2) is 29.4 Å². The molecule has 0 aliphatic carbocycles. The summed E-state index contributed by atoms with van der Waals surface area (Å²) in [6, 6.07) is 6.75. The van der Waals surface area contributed by atoms with Crippen molar-refractivity contribution in [2.24, 2.45) is 10.5 Å². The van der Waals surface area contributed by atoms with Gasteiger partial charge in [0, 0.05) is 28.8 Å². The summed E-state index contributed by atoms with van der Waals surface area (Å²) in [5.74, 6) is -0.292. The van der Waals surface area contributed by atoms with Gasteiger partial charge in [-0.3, -0.25) is 9.59 Å². The Morgan fingerprint density at radius 2 is 1.73 bits per heavy atom. The number of hydrogen-bond acceptors (Lipinski definition) is 3. The minimum Gasteiger partial charge on any atom is -0.326 e. The van der Waals surface area contributed by atoms with Crippen LogP contribution in [0, 0.1) is 5.41 Å². The molecular formula is C17H25N3O2. The number of benzene rings is 1. The number of nitrogens with zero attached hydrogens (tertiary/aromatic N) is 1. The highest BCUT2D eigenvalue weighted by atomic mass is 16.2. The number of amides is 2. The van der Waals surface area contributed by atoms with Crippen LogP contribution in [0.1, 0.15) is 57.8 Å². The second-order valence-corrected chi connectivity index (χ2v) is 6.26. The Morgan fingerprint density at radius 3 is 2.23 bits per heavy atom. The van der Waals surface area contributed by atoms with E-state index in [1.54, 1.807) is 24.3 Å². The van der Waals surface area contributed by atoms with E-state index in [1.165, 1.54) is 0 Å². The van der Waals surface area contributed by atoms with Crippen LogP contribution >= 0.6 is 0 Å². The molecule has 2 N–H and O–H groups in total. The Kier molecular flexibility index (Phi) is 6.28. The lowest BCUT2D eigenvalue weighted by molar-refractivity contribution is -0.116. The number of rotatable bonds is 5. The van der Waals surface area contributed by atoms with Crippen molar-refractivity contribution < 1.29 is 9.59 Å². The van der Waals surface area contributed by atoms with Crippen molar-refractivity contribution in [3.8, 4) is 0 Å². The smallest absolute Gasteiger partial charge is 0.271 e. The second-order valence-electron chi connectivity index (χ2n) is 6.26. The molecule has 2 amide bonds. The van der Waals surface area contributed by atoms with Gasteiger partial charge in [-0.1, -0.05) is 27.7 Å². The zero-order chi connectivity index (χ0) is 16.8. The Hall–Kier alpha value is -2.17. The average molecular weight is 303 g/mol. The molecule has 0 atom stereocenters. The summed E-state index contributed by atoms with van der Waals surface area (Å²) in [7, 11) is 0. The summed E-state index contributed by atoms with van der Waals surface area (Å²) in [5, 5.41) is 6.90. The Morgan fingerprint density at radius 1 is 1.14 bits per heavy atom. The predicted molar refractivity (Wildman–Crippen MR) is 90.0 cm³/mol. The number of nitrogens with one attached hydrogen (secondary N) is 2. The monoisotopic (exact) mass is 303 g/mol. The number of hydrazone groups is 1. The van der Waals surface area contributed by atoms with Crippen LogP contribution < -0.4 is 10.7 Å². The highest BCUT2D eigenvalue weighted by molar-refractivity contribution is 5.97. The topological polar surface area (TPSA) is 70.6 Å². The Balaban J connectivity index is 2.67. The molecule has 5 nitrogen and oxygen atoms in total. The summed E-state index contributed by atoms with van der Waals surface area (Å²) >= 11 is 0. The zero-order valence-electron chi connectivity index (χ0n) is 14.0. The summed E-state index contributed by atoms with van der Waals surface area (Å²) < 4.78 is 0. The fraction of sp³-hybridized carbons (Fsp3) is 0.471. The standard InChI is InChI=1S/C17H25N3O2/c1-6-7-15(21)18-14-10-8-13(9-11-14)16(22)20-19-12(2)17(3,4)5/h8-11H,6-7H2,1-5H3,(H,18,21)(H,20,22)/b19-12-. The maximum Gasteiger partial charge on any atom is 0.271 e. The quantitative estimate of drug-likeness (QED) is 0.644. The van der Waals surface area contributed by atoms with Gasteiger partial charge in [-0.25, -0.2) is 5.43 Å². The number of hydrogen-bond donors (Lipinski definition) is 2.